The third kappa shape index (κ3) is 2.06. The Morgan fingerprint density at radius 1 is 1.26 bits per heavy atom. The molecule has 0 amide bonds. The number of carbonyl (C=O) groups is 1. The maximum absolute atomic E-state index is 10.9. The Bertz CT molecular complexity index is 777. The molecule has 0 aliphatic heterocycles. The second-order valence-corrected chi connectivity index (χ2v) is 4.31. The highest BCUT2D eigenvalue weighted by Crippen LogP contribution is 2.22. The van der Waals surface area contributed by atoms with Gasteiger partial charge in [-0.2, -0.15) is 0 Å². The highest BCUT2D eigenvalue weighted by atomic mass is 16.4. The second kappa shape index (κ2) is 4.20. The number of nitrogens with one attached hydrogen (secondary N) is 1. The highest BCUT2D eigenvalue weighted by molar-refractivity contribution is 5.94. The first kappa shape index (κ1) is 11.4. The van der Waals surface area contributed by atoms with Gasteiger partial charge in [0.1, 0.15) is 5.69 Å². The van der Waals surface area contributed by atoms with Crippen LogP contribution in [0.4, 0.5) is 0 Å². The molecule has 0 atom stereocenters. The van der Waals surface area contributed by atoms with Crippen molar-refractivity contribution in [3.05, 3.63) is 47.9 Å². The lowest BCUT2D eigenvalue weighted by atomic mass is 10.1. The standard InChI is InChI=1S/C14H11N3O2/c1-8-4-5-15-13(16-8)10-3-2-9-6-12(14(18)19)17-11(9)7-10/h2-7,17H,1H3,(H,18,19). The highest BCUT2D eigenvalue weighted by Gasteiger charge is 2.09. The summed E-state index contributed by atoms with van der Waals surface area (Å²) in [6.07, 6.45) is 1.71. The minimum atomic E-state index is -0.968. The summed E-state index contributed by atoms with van der Waals surface area (Å²) in [4.78, 5) is 22.3. The van der Waals surface area contributed by atoms with E-state index in [9.17, 15) is 4.79 Å². The van der Waals surface area contributed by atoms with E-state index in [0.29, 0.717) is 5.82 Å². The van der Waals surface area contributed by atoms with Gasteiger partial charge in [-0.25, -0.2) is 14.8 Å². The number of nitrogens with zero attached hydrogens (tertiary/aromatic N) is 2. The number of H-pyrrole nitrogens is 1. The van der Waals surface area contributed by atoms with Crippen molar-refractivity contribution in [2.24, 2.45) is 0 Å². The quantitative estimate of drug-likeness (QED) is 0.735. The zero-order valence-corrected chi connectivity index (χ0v) is 10.2. The number of aromatic nitrogens is 3. The van der Waals surface area contributed by atoms with Gasteiger partial charge in [-0.3, -0.25) is 0 Å². The minimum Gasteiger partial charge on any atom is -0.477 e. The molecule has 0 bridgehead atoms. The average Bonchev–Trinajstić information content (AvgIpc) is 2.81. The van der Waals surface area contributed by atoms with Crippen LogP contribution in [0.2, 0.25) is 0 Å². The Morgan fingerprint density at radius 2 is 2.11 bits per heavy atom. The van der Waals surface area contributed by atoms with E-state index >= 15 is 0 Å². The predicted octanol–water partition coefficient (Wildman–Crippen LogP) is 2.63. The van der Waals surface area contributed by atoms with E-state index in [-0.39, 0.29) is 5.69 Å². The van der Waals surface area contributed by atoms with Crippen LogP contribution in [0.3, 0.4) is 0 Å². The molecule has 94 valence electrons. The monoisotopic (exact) mass is 253 g/mol. The van der Waals surface area contributed by atoms with Crippen LogP contribution in [0.1, 0.15) is 16.2 Å². The van der Waals surface area contributed by atoms with E-state index in [1.54, 1.807) is 12.3 Å². The molecule has 0 spiro atoms. The van der Waals surface area contributed by atoms with Crippen molar-refractivity contribution in [2.45, 2.75) is 6.92 Å². The maximum Gasteiger partial charge on any atom is 0.352 e. The summed E-state index contributed by atoms with van der Waals surface area (Å²) >= 11 is 0. The fraction of sp³-hybridized carbons (Fsp3) is 0.0714. The maximum atomic E-state index is 10.9. The number of carboxylic acids is 1. The molecule has 1 aromatic carbocycles. The van der Waals surface area contributed by atoms with E-state index < -0.39 is 5.97 Å². The van der Waals surface area contributed by atoms with Gasteiger partial charge in [0.05, 0.1) is 0 Å². The Kier molecular flexibility index (Phi) is 2.52. The summed E-state index contributed by atoms with van der Waals surface area (Å²) in [5, 5.41) is 9.81. The van der Waals surface area contributed by atoms with Gasteiger partial charge in [0.2, 0.25) is 0 Å². The predicted molar refractivity (Wildman–Crippen MR) is 71.0 cm³/mol. The van der Waals surface area contributed by atoms with Crippen molar-refractivity contribution in [3.63, 3.8) is 0 Å². The van der Waals surface area contributed by atoms with Gasteiger partial charge in [0.25, 0.3) is 0 Å². The zero-order valence-electron chi connectivity index (χ0n) is 10.2. The molecular weight excluding hydrogens is 242 g/mol. The molecule has 19 heavy (non-hydrogen) atoms. The van der Waals surface area contributed by atoms with E-state index in [1.807, 2.05) is 31.2 Å². The molecule has 0 aliphatic rings. The molecule has 3 rings (SSSR count). The Balaban J connectivity index is 2.13. The van der Waals surface area contributed by atoms with Crippen molar-refractivity contribution in [1.82, 2.24) is 15.0 Å². The van der Waals surface area contributed by atoms with Gasteiger partial charge >= 0.3 is 5.97 Å². The van der Waals surface area contributed by atoms with Crippen LogP contribution in [0, 0.1) is 6.92 Å². The van der Waals surface area contributed by atoms with Crippen molar-refractivity contribution in [3.8, 4) is 11.4 Å². The summed E-state index contributed by atoms with van der Waals surface area (Å²) in [6.45, 7) is 1.90. The average molecular weight is 253 g/mol. The fourth-order valence-electron chi connectivity index (χ4n) is 1.97. The molecule has 0 fully saturated rings. The second-order valence-electron chi connectivity index (χ2n) is 4.31. The molecule has 5 heteroatoms. The smallest absolute Gasteiger partial charge is 0.352 e. The van der Waals surface area contributed by atoms with Gasteiger partial charge in [0, 0.05) is 28.4 Å². The number of hydrogen-bond donors (Lipinski definition) is 2. The first-order valence-corrected chi connectivity index (χ1v) is 5.79. The number of benzene rings is 1. The number of fused-ring (bicyclic) bond motifs is 1. The van der Waals surface area contributed by atoms with E-state index in [2.05, 4.69) is 15.0 Å². The molecule has 3 aromatic rings. The molecule has 0 unspecified atom stereocenters. The summed E-state index contributed by atoms with van der Waals surface area (Å²) in [7, 11) is 0. The zero-order chi connectivity index (χ0) is 13.4. The first-order chi connectivity index (χ1) is 9.13. The van der Waals surface area contributed by atoms with Crippen LogP contribution in [0.5, 0.6) is 0 Å². The topological polar surface area (TPSA) is 78.9 Å². The third-order valence-corrected chi connectivity index (χ3v) is 2.91. The number of hydrogen-bond acceptors (Lipinski definition) is 3. The summed E-state index contributed by atoms with van der Waals surface area (Å²) in [5.41, 5.74) is 2.69. The normalized spacial score (nSPS) is 10.8. The molecule has 2 aromatic heterocycles. The largest absolute Gasteiger partial charge is 0.477 e. The van der Waals surface area contributed by atoms with Crippen LogP contribution < -0.4 is 0 Å². The van der Waals surface area contributed by atoms with Gasteiger partial charge in [-0.1, -0.05) is 12.1 Å². The Labute approximate surface area is 109 Å². The van der Waals surface area contributed by atoms with Crippen molar-refractivity contribution in [2.75, 3.05) is 0 Å². The molecule has 0 saturated carbocycles. The lowest BCUT2D eigenvalue weighted by Gasteiger charge is -2.01. The van der Waals surface area contributed by atoms with E-state index in [1.165, 1.54) is 0 Å². The Morgan fingerprint density at radius 3 is 2.84 bits per heavy atom. The summed E-state index contributed by atoms with van der Waals surface area (Å²) in [6, 6.07) is 9.05. The number of carboxylic acid groups (broad SMARTS) is 1. The SMILES string of the molecule is Cc1ccnc(-c2ccc3cc(C(=O)O)[nH]c3c2)n1. The van der Waals surface area contributed by atoms with Gasteiger partial charge in [-0.05, 0) is 25.1 Å². The van der Waals surface area contributed by atoms with E-state index in [4.69, 9.17) is 5.11 Å². The van der Waals surface area contributed by atoms with Gasteiger partial charge < -0.3 is 10.1 Å². The van der Waals surface area contributed by atoms with Crippen LogP contribution in [0.15, 0.2) is 36.5 Å². The number of aromatic amines is 1. The van der Waals surface area contributed by atoms with Crippen LogP contribution >= 0.6 is 0 Å². The number of aromatic carboxylic acids is 1. The van der Waals surface area contributed by atoms with Crippen molar-refractivity contribution < 1.29 is 9.90 Å². The van der Waals surface area contributed by atoms with Crippen LogP contribution in [-0.2, 0) is 0 Å². The van der Waals surface area contributed by atoms with Crippen LogP contribution in [0.25, 0.3) is 22.3 Å². The molecule has 2 heterocycles. The number of rotatable bonds is 2. The first-order valence-electron chi connectivity index (χ1n) is 5.79. The lowest BCUT2D eigenvalue weighted by molar-refractivity contribution is 0.0691. The molecule has 0 aliphatic carbocycles. The molecule has 5 nitrogen and oxygen atoms in total. The molecule has 2 N–H and O–H groups in total. The third-order valence-electron chi connectivity index (χ3n) is 2.91. The minimum absolute atomic E-state index is 0.178. The van der Waals surface area contributed by atoms with Gasteiger partial charge in [0.15, 0.2) is 5.82 Å². The molecule has 0 radical (unpaired) electrons. The molecule has 0 saturated heterocycles. The summed E-state index contributed by atoms with van der Waals surface area (Å²) in [5.74, 6) is -0.335. The van der Waals surface area contributed by atoms with Crippen LogP contribution in [-0.4, -0.2) is 26.0 Å². The molecular formula is C14H11N3O2. The summed E-state index contributed by atoms with van der Waals surface area (Å²) < 4.78 is 0. The van der Waals surface area contributed by atoms with Crippen molar-refractivity contribution >= 4 is 16.9 Å². The van der Waals surface area contributed by atoms with Gasteiger partial charge in [-0.15, -0.1) is 0 Å². The number of aryl methyl sites for hydroxylation is 1. The van der Waals surface area contributed by atoms with Crippen molar-refractivity contribution in [1.29, 1.82) is 0 Å². The Hall–Kier alpha value is -2.69. The fourth-order valence-corrected chi connectivity index (χ4v) is 1.97. The van der Waals surface area contributed by atoms with E-state index in [0.717, 1.165) is 22.2 Å². The lowest BCUT2D eigenvalue weighted by Crippen LogP contribution is -1.94.